The first-order valence-corrected chi connectivity index (χ1v) is 13.6. The number of nitrogens with zero attached hydrogens (tertiary/aromatic N) is 4. The van der Waals surface area contributed by atoms with Crippen LogP contribution in [0.1, 0.15) is 10.4 Å². The molecule has 0 bridgehead atoms. The van der Waals surface area contributed by atoms with E-state index in [1.54, 1.807) is 17.0 Å². The molecule has 188 valence electrons. The zero-order valence-electron chi connectivity index (χ0n) is 18.5. The number of halogens is 4. The lowest BCUT2D eigenvalue weighted by atomic mass is 10.1. The largest absolute Gasteiger partial charge is 0.393 e. The van der Waals surface area contributed by atoms with Crippen molar-refractivity contribution >= 4 is 60.6 Å². The van der Waals surface area contributed by atoms with Crippen LogP contribution >= 0.6 is 22.9 Å². The highest BCUT2D eigenvalue weighted by Crippen LogP contribution is 2.34. The summed E-state index contributed by atoms with van der Waals surface area (Å²) in [5, 5.41) is 0.854. The molecular formula is C21H21ClF3N5O3S2. The molecule has 1 fully saturated rings. The first-order valence-electron chi connectivity index (χ1n) is 10.5. The first kappa shape index (κ1) is 25.5. The molecule has 3 aromatic rings. The minimum absolute atomic E-state index is 0.0566. The van der Waals surface area contributed by atoms with Crippen molar-refractivity contribution in [3.63, 3.8) is 0 Å². The molecule has 1 aliphatic rings. The molecular weight excluding hydrogens is 527 g/mol. The van der Waals surface area contributed by atoms with E-state index in [1.807, 2.05) is 4.90 Å². The Hall–Kier alpha value is -2.64. The van der Waals surface area contributed by atoms with Crippen LogP contribution in [0.3, 0.4) is 0 Å². The number of nitrogens with one attached hydrogen (secondary N) is 1. The van der Waals surface area contributed by atoms with E-state index in [-0.39, 0.29) is 22.2 Å². The van der Waals surface area contributed by atoms with E-state index >= 15 is 0 Å². The summed E-state index contributed by atoms with van der Waals surface area (Å²) in [5.74, 6) is 0.426. The topological polar surface area (TPSA) is 95.5 Å². The molecule has 1 aromatic carbocycles. The Morgan fingerprint density at radius 3 is 2.51 bits per heavy atom. The van der Waals surface area contributed by atoms with E-state index in [0.29, 0.717) is 53.5 Å². The predicted octanol–water partition coefficient (Wildman–Crippen LogP) is 3.71. The number of aromatic nitrogens is 2. The van der Waals surface area contributed by atoms with Gasteiger partial charge in [-0.05, 0) is 23.8 Å². The maximum absolute atomic E-state index is 12.8. The van der Waals surface area contributed by atoms with Gasteiger partial charge < -0.3 is 9.80 Å². The summed E-state index contributed by atoms with van der Waals surface area (Å²) in [6, 6.07) is 6.10. The quantitative estimate of drug-likeness (QED) is 0.505. The van der Waals surface area contributed by atoms with Gasteiger partial charge in [-0.1, -0.05) is 17.7 Å². The van der Waals surface area contributed by atoms with E-state index in [9.17, 15) is 26.4 Å². The zero-order valence-corrected chi connectivity index (χ0v) is 20.9. The number of carbonyl (C=O) groups is 1. The maximum Gasteiger partial charge on any atom is 0.393 e. The van der Waals surface area contributed by atoms with E-state index < -0.39 is 22.6 Å². The second-order valence-corrected chi connectivity index (χ2v) is 11.4. The second kappa shape index (κ2) is 9.78. The number of hydrogen-bond acceptors (Lipinski definition) is 7. The molecule has 35 heavy (non-hydrogen) atoms. The number of thiophene rings is 1. The van der Waals surface area contributed by atoms with Crippen LogP contribution < -0.4 is 9.62 Å². The normalized spacial score (nSPS) is 15.0. The summed E-state index contributed by atoms with van der Waals surface area (Å²) in [4.78, 5) is 25.5. The van der Waals surface area contributed by atoms with Crippen molar-refractivity contribution in [2.45, 2.75) is 19.0 Å². The molecule has 1 N–H and O–H groups in total. The third-order valence-electron chi connectivity index (χ3n) is 5.36. The van der Waals surface area contributed by atoms with E-state index in [0.717, 1.165) is 17.6 Å². The lowest BCUT2D eigenvalue weighted by Gasteiger charge is -2.35. The summed E-state index contributed by atoms with van der Waals surface area (Å²) in [7, 11) is -3.44. The average Bonchev–Trinajstić information content (AvgIpc) is 3.15. The van der Waals surface area contributed by atoms with E-state index in [2.05, 4.69) is 14.7 Å². The Morgan fingerprint density at radius 1 is 1.17 bits per heavy atom. The van der Waals surface area contributed by atoms with Gasteiger partial charge in [-0.2, -0.15) is 13.2 Å². The Balaban J connectivity index is 1.40. The SMILES string of the molecule is CS(=O)(=O)Nc1ccc(CC(=O)N2CCN(c3ncnc4sc(CC(F)(F)F)cc34)CC2)c(Cl)c1. The van der Waals surface area contributed by atoms with Crippen molar-refractivity contribution in [1.29, 1.82) is 0 Å². The van der Waals surface area contributed by atoms with Gasteiger partial charge in [-0.25, -0.2) is 18.4 Å². The first-order chi connectivity index (χ1) is 16.4. The molecule has 4 rings (SSSR count). The number of anilines is 2. The third-order valence-corrected chi connectivity index (χ3v) is 7.37. The van der Waals surface area contributed by atoms with Crippen molar-refractivity contribution in [2.24, 2.45) is 0 Å². The molecule has 0 atom stereocenters. The highest BCUT2D eigenvalue weighted by molar-refractivity contribution is 7.92. The van der Waals surface area contributed by atoms with Crippen LogP contribution in [0.15, 0.2) is 30.6 Å². The number of sulfonamides is 1. The number of amides is 1. The van der Waals surface area contributed by atoms with Crippen molar-refractivity contribution in [1.82, 2.24) is 14.9 Å². The van der Waals surface area contributed by atoms with E-state index in [4.69, 9.17) is 11.6 Å². The maximum atomic E-state index is 12.8. The average molecular weight is 548 g/mol. The monoisotopic (exact) mass is 547 g/mol. The summed E-state index contributed by atoms with van der Waals surface area (Å²) in [6.45, 7) is 1.75. The standard InChI is InChI=1S/C21H21ClF3N5O3S2/c1-35(32,33)28-14-3-2-13(17(22)9-14)8-18(31)29-4-6-30(7-5-29)19-16-10-15(11-21(23,24)25)34-20(16)27-12-26-19/h2-3,9-10,12,28H,4-8,11H2,1H3. The van der Waals surface area contributed by atoms with Gasteiger partial charge in [-0.3, -0.25) is 9.52 Å². The molecule has 0 spiro atoms. The fraction of sp³-hybridized carbons (Fsp3) is 0.381. The van der Waals surface area contributed by atoms with Crippen molar-refractivity contribution in [2.75, 3.05) is 42.1 Å². The molecule has 1 saturated heterocycles. The predicted molar refractivity (Wildman–Crippen MR) is 130 cm³/mol. The smallest absolute Gasteiger partial charge is 0.352 e. The van der Waals surface area contributed by atoms with Gasteiger partial charge >= 0.3 is 6.18 Å². The van der Waals surface area contributed by atoms with Crippen LogP contribution in [0.4, 0.5) is 24.7 Å². The number of hydrogen-bond donors (Lipinski definition) is 1. The van der Waals surface area contributed by atoms with Gasteiger partial charge in [0, 0.05) is 41.8 Å². The van der Waals surface area contributed by atoms with Crippen LogP contribution in [-0.2, 0) is 27.7 Å². The van der Waals surface area contributed by atoms with Crippen LogP contribution in [-0.4, -0.2) is 67.8 Å². The number of fused-ring (bicyclic) bond motifs is 1. The highest BCUT2D eigenvalue weighted by atomic mass is 35.5. The molecule has 0 aliphatic carbocycles. The Labute approximate surface area is 208 Å². The molecule has 0 unspecified atom stereocenters. The fourth-order valence-corrected chi connectivity index (χ4v) is 5.66. The Bertz CT molecular complexity index is 1360. The minimum atomic E-state index is -4.30. The third kappa shape index (κ3) is 6.53. The summed E-state index contributed by atoms with van der Waals surface area (Å²) in [6.07, 6.45) is -2.88. The van der Waals surface area contributed by atoms with Crippen LogP contribution in [0.25, 0.3) is 10.2 Å². The van der Waals surface area contributed by atoms with Gasteiger partial charge in [0.2, 0.25) is 15.9 Å². The summed E-state index contributed by atoms with van der Waals surface area (Å²) in [5.41, 5.74) is 0.886. The molecule has 14 heteroatoms. The van der Waals surface area contributed by atoms with Gasteiger partial charge in [-0.15, -0.1) is 11.3 Å². The number of alkyl halides is 3. The second-order valence-electron chi connectivity index (χ2n) is 8.15. The summed E-state index contributed by atoms with van der Waals surface area (Å²) >= 11 is 7.25. The molecule has 2 aromatic heterocycles. The summed E-state index contributed by atoms with van der Waals surface area (Å²) < 4.78 is 63.5. The number of piperazine rings is 1. The van der Waals surface area contributed by atoms with E-state index in [1.165, 1.54) is 18.5 Å². The van der Waals surface area contributed by atoms with Crippen molar-refractivity contribution in [3.8, 4) is 0 Å². The number of benzene rings is 1. The molecule has 8 nitrogen and oxygen atoms in total. The molecule has 1 aliphatic heterocycles. The van der Waals surface area contributed by atoms with Gasteiger partial charge in [0.25, 0.3) is 0 Å². The molecule has 0 radical (unpaired) electrons. The van der Waals surface area contributed by atoms with Gasteiger partial charge in [0.05, 0.1) is 24.5 Å². The van der Waals surface area contributed by atoms with Gasteiger partial charge in [0.15, 0.2) is 0 Å². The van der Waals surface area contributed by atoms with Crippen LogP contribution in [0.5, 0.6) is 0 Å². The minimum Gasteiger partial charge on any atom is -0.352 e. The number of rotatable bonds is 6. The Kier molecular flexibility index (Phi) is 7.11. The molecule has 3 heterocycles. The van der Waals surface area contributed by atoms with Crippen LogP contribution in [0, 0.1) is 0 Å². The van der Waals surface area contributed by atoms with Crippen molar-refractivity contribution < 1.29 is 26.4 Å². The molecule has 1 amide bonds. The fourth-order valence-electron chi connectivity index (χ4n) is 3.84. The number of carbonyl (C=O) groups excluding carboxylic acids is 1. The lowest BCUT2D eigenvalue weighted by Crippen LogP contribution is -2.49. The highest BCUT2D eigenvalue weighted by Gasteiger charge is 2.30. The lowest BCUT2D eigenvalue weighted by molar-refractivity contribution is -0.130. The van der Waals surface area contributed by atoms with Crippen LogP contribution in [0.2, 0.25) is 5.02 Å². The molecule has 0 saturated carbocycles. The van der Waals surface area contributed by atoms with Gasteiger partial charge in [0.1, 0.15) is 17.0 Å². The Morgan fingerprint density at radius 2 is 1.89 bits per heavy atom. The zero-order chi connectivity index (χ0) is 25.4. The van der Waals surface area contributed by atoms with Crippen molar-refractivity contribution in [3.05, 3.63) is 46.1 Å².